The van der Waals surface area contributed by atoms with Gasteiger partial charge in [-0.15, -0.1) is 0 Å². The number of aliphatic hydroxyl groups excluding tert-OH is 1. The van der Waals surface area contributed by atoms with Crippen molar-refractivity contribution in [3.8, 4) is 0 Å². The van der Waals surface area contributed by atoms with E-state index in [4.69, 9.17) is 0 Å². The standard InChI is InChI=1S/C16H21N3O2/c1-11(16(21)17-9-12-6-7-13(20)8-12)19-10-18-14-4-2-3-5-15(14)19/h2-5,10-13,20H,6-9H2,1H3,(H,17,21). The van der Waals surface area contributed by atoms with Gasteiger partial charge in [0.15, 0.2) is 0 Å². The van der Waals surface area contributed by atoms with Crippen LogP contribution in [0.3, 0.4) is 0 Å². The molecule has 0 saturated heterocycles. The second kappa shape index (κ2) is 5.85. The molecule has 3 rings (SSSR count). The molecule has 0 aliphatic heterocycles. The van der Waals surface area contributed by atoms with E-state index in [1.54, 1.807) is 6.33 Å². The lowest BCUT2D eigenvalue weighted by Gasteiger charge is -2.16. The number of hydrogen-bond donors (Lipinski definition) is 2. The third-order valence-electron chi connectivity index (χ3n) is 4.36. The van der Waals surface area contributed by atoms with Crippen molar-refractivity contribution in [3.63, 3.8) is 0 Å². The summed E-state index contributed by atoms with van der Waals surface area (Å²) in [7, 11) is 0. The zero-order chi connectivity index (χ0) is 14.8. The maximum atomic E-state index is 12.3. The molecule has 112 valence electrons. The number of imidazole rings is 1. The Morgan fingerprint density at radius 1 is 1.48 bits per heavy atom. The largest absolute Gasteiger partial charge is 0.393 e. The van der Waals surface area contributed by atoms with Crippen LogP contribution < -0.4 is 5.32 Å². The molecule has 1 saturated carbocycles. The summed E-state index contributed by atoms with van der Waals surface area (Å²) in [6.45, 7) is 2.53. The van der Waals surface area contributed by atoms with Gasteiger partial charge in [-0.2, -0.15) is 0 Å². The number of rotatable bonds is 4. The first-order chi connectivity index (χ1) is 10.1. The van der Waals surface area contributed by atoms with Crippen molar-refractivity contribution in [3.05, 3.63) is 30.6 Å². The van der Waals surface area contributed by atoms with Crippen LogP contribution in [-0.2, 0) is 4.79 Å². The third kappa shape index (κ3) is 2.93. The fourth-order valence-corrected chi connectivity index (χ4v) is 3.04. The highest BCUT2D eigenvalue weighted by molar-refractivity contribution is 5.83. The van der Waals surface area contributed by atoms with E-state index in [2.05, 4.69) is 10.3 Å². The highest BCUT2D eigenvalue weighted by Crippen LogP contribution is 2.25. The maximum absolute atomic E-state index is 12.3. The fraction of sp³-hybridized carbons (Fsp3) is 0.500. The smallest absolute Gasteiger partial charge is 0.242 e. The summed E-state index contributed by atoms with van der Waals surface area (Å²) in [4.78, 5) is 16.6. The lowest BCUT2D eigenvalue weighted by molar-refractivity contribution is -0.124. The van der Waals surface area contributed by atoms with E-state index < -0.39 is 0 Å². The zero-order valence-electron chi connectivity index (χ0n) is 12.2. The summed E-state index contributed by atoms with van der Waals surface area (Å²) in [5.74, 6) is 0.398. The van der Waals surface area contributed by atoms with Crippen LogP contribution in [0, 0.1) is 5.92 Å². The van der Waals surface area contributed by atoms with Crippen molar-refractivity contribution in [1.29, 1.82) is 0 Å². The minimum absolute atomic E-state index is 0.000423. The van der Waals surface area contributed by atoms with E-state index >= 15 is 0 Å². The molecule has 1 aromatic carbocycles. The number of nitrogens with zero attached hydrogens (tertiary/aromatic N) is 2. The van der Waals surface area contributed by atoms with Crippen molar-refractivity contribution < 1.29 is 9.90 Å². The lowest BCUT2D eigenvalue weighted by atomic mass is 10.1. The first-order valence-corrected chi connectivity index (χ1v) is 7.52. The van der Waals surface area contributed by atoms with Gasteiger partial charge in [0, 0.05) is 6.54 Å². The van der Waals surface area contributed by atoms with Crippen molar-refractivity contribution in [2.24, 2.45) is 5.92 Å². The Morgan fingerprint density at radius 2 is 2.29 bits per heavy atom. The molecule has 1 heterocycles. The molecule has 1 aliphatic rings. The third-order valence-corrected chi connectivity index (χ3v) is 4.36. The molecule has 0 bridgehead atoms. The summed E-state index contributed by atoms with van der Waals surface area (Å²) in [6, 6.07) is 7.51. The number of aromatic nitrogens is 2. The van der Waals surface area contributed by atoms with Crippen molar-refractivity contribution in [1.82, 2.24) is 14.9 Å². The number of benzene rings is 1. The van der Waals surface area contributed by atoms with Crippen LogP contribution in [0.4, 0.5) is 0 Å². The normalized spacial score (nSPS) is 23.3. The van der Waals surface area contributed by atoms with Crippen LogP contribution in [0.15, 0.2) is 30.6 Å². The van der Waals surface area contributed by atoms with E-state index in [9.17, 15) is 9.90 Å². The highest BCUT2D eigenvalue weighted by atomic mass is 16.3. The maximum Gasteiger partial charge on any atom is 0.242 e. The van der Waals surface area contributed by atoms with Crippen LogP contribution in [0.25, 0.3) is 11.0 Å². The number of hydrogen-bond acceptors (Lipinski definition) is 3. The molecule has 1 fully saturated rings. The Kier molecular flexibility index (Phi) is 3.92. The van der Waals surface area contributed by atoms with E-state index in [1.165, 1.54) is 0 Å². The molecule has 0 radical (unpaired) electrons. The second-order valence-electron chi connectivity index (χ2n) is 5.89. The van der Waals surface area contributed by atoms with E-state index in [0.29, 0.717) is 12.5 Å². The average molecular weight is 287 g/mol. The molecule has 0 spiro atoms. The Labute approximate surface area is 124 Å². The predicted octanol–water partition coefficient (Wildman–Crippen LogP) is 1.87. The number of carbonyl (C=O) groups is 1. The number of aliphatic hydroxyl groups is 1. The van der Waals surface area contributed by atoms with Gasteiger partial charge in [-0.3, -0.25) is 4.79 Å². The van der Waals surface area contributed by atoms with Crippen molar-refractivity contribution in [2.75, 3.05) is 6.54 Å². The molecule has 21 heavy (non-hydrogen) atoms. The van der Waals surface area contributed by atoms with E-state index in [1.807, 2.05) is 35.8 Å². The summed E-state index contributed by atoms with van der Waals surface area (Å²) in [5.41, 5.74) is 1.87. The number of para-hydroxylation sites is 2. The van der Waals surface area contributed by atoms with Gasteiger partial charge < -0.3 is 15.0 Å². The van der Waals surface area contributed by atoms with Crippen molar-refractivity contribution in [2.45, 2.75) is 38.3 Å². The Balaban J connectivity index is 1.64. The van der Waals surface area contributed by atoms with Gasteiger partial charge in [0.25, 0.3) is 0 Å². The van der Waals surface area contributed by atoms with Crippen LogP contribution in [-0.4, -0.2) is 33.2 Å². The first-order valence-electron chi connectivity index (χ1n) is 7.52. The van der Waals surface area contributed by atoms with Crippen LogP contribution >= 0.6 is 0 Å². The highest BCUT2D eigenvalue weighted by Gasteiger charge is 2.24. The minimum atomic E-state index is -0.288. The van der Waals surface area contributed by atoms with Gasteiger partial charge in [0.2, 0.25) is 5.91 Å². The summed E-state index contributed by atoms with van der Waals surface area (Å²) in [5, 5.41) is 12.5. The Bertz CT molecular complexity index is 637. The molecule has 2 aromatic rings. The van der Waals surface area contributed by atoms with Gasteiger partial charge in [0.1, 0.15) is 6.04 Å². The molecule has 2 N–H and O–H groups in total. The molecule has 1 aliphatic carbocycles. The van der Waals surface area contributed by atoms with Gasteiger partial charge in [-0.1, -0.05) is 12.1 Å². The average Bonchev–Trinajstić information content (AvgIpc) is 3.10. The molecule has 3 unspecified atom stereocenters. The lowest BCUT2D eigenvalue weighted by Crippen LogP contribution is -2.34. The van der Waals surface area contributed by atoms with Crippen LogP contribution in [0.5, 0.6) is 0 Å². The van der Waals surface area contributed by atoms with Gasteiger partial charge >= 0.3 is 0 Å². The molecule has 1 amide bonds. The quantitative estimate of drug-likeness (QED) is 0.902. The summed E-state index contributed by atoms with van der Waals surface area (Å²) >= 11 is 0. The fourth-order valence-electron chi connectivity index (χ4n) is 3.04. The Morgan fingerprint density at radius 3 is 3.05 bits per heavy atom. The van der Waals surface area contributed by atoms with E-state index in [0.717, 1.165) is 30.3 Å². The van der Waals surface area contributed by atoms with Gasteiger partial charge in [-0.05, 0) is 44.2 Å². The molecular weight excluding hydrogens is 266 g/mol. The second-order valence-corrected chi connectivity index (χ2v) is 5.89. The number of fused-ring (bicyclic) bond motifs is 1. The number of nitrogens with one attached hydrogen (secondary N) is 1. The summed E-state index contributed by atoms with van der Waals surface area (Å²) < 4.78 is 1.90. The van der Waals surface area contributed by atoms with Gasteiger partial charge in [-0.25, -0.2) is 4.98 Å². The van der Waals surface area contributed by atoms with E-state index in [-0.39, 0.29) is 18.1 Å². The molecule has 5 nitrogen and oxygen atoms in total. The minimum Gasteiger partial charge on any atom is -0.393 e. The number of amides is 1. The van der Waals surface area contributed by atoms with Crippen LogP contribution in [0.1, 0.15) is 32.2 Å². The molecular formula is C16H21N3O2. The SMILES string of the molecule is CC(C(=O)NCC1CCC(O)C1)n1cnc2ccccc21. The molecule has 3 atom stereocenters. The number of carbonyl (C=O) groups excluding carboxylic acids is 1. The van der Waals surface area contributed by atoms with Gasteiger partial charge in [0.05, 0.1) is 23.5 Å². The first kappa shape index (κ1) is 14.1. The molecule has 5 heteroatoms. The zero-order valence-corrected chi connectivity index (χ0v) is 12.2. The monoisotopic (exact) mass is 287 g/mol. The van der Waals surface area contributed by atoms with Crippen LogP contribution in [0.2, 0.25) is 0 Å². The molecule has 1 aromatic heterocycles. The Hall–Kier alpha value is -1.88. The topological polar surface area (TPSA) is 67.2 Å². The predicted molar refractivity (Wildman–Crippen MR) is 80.8 cm³/mol. The summed E-state index contributed by atoms with van der Waals surface area (Å²) in [6.07, 6.45) is 4.16. The van der Waals surface area contributed by atoms with Crippen molar-refractivity contribution >= 4 is 16.9 Å².